The first-order valence-corrected chi connectivity index (χ1v) is 13.2. The van der Waals surface area contributed by atoms with Gasteiger partial charge in [-0.25, -0.2) is 8.42 Å². The van der Waals surface area contributed by atoms with Crippen LogP contribution in [-0.2, 0) is 26.2 Å². The van der Waals surface area contributed by atoms with Gasteiger partial charge < -0.3 is 19.7 Å². The van der Waals surface area contributed by atoms with Gasteiger partial charge in [0.15, 0.2) is 11.5 Å². The molecule has 2 amide bonds. The van der Waals surface area contributed by atoms with Gasteiger partial charge in [0.25, 0.3) is 0 Å². The molecule has 0 aromatic heterocycles. The Morgan fingerprint density at radius 2 is 1.63 bits per heavy atom. The van der Waals surface area contributed by atoms with Gasteiger partial charge in [-0.2, -0.15) is 0 Å². The molecule has 2 rings (SSSR count). The van der Waals surface area contributed by atoms with Gasteiger partial charge in [-0.05, 0) is 38.0 Å². The summed E-state index contributed by atoms with van der Waals surface area (Å²) in [5, 5.41) is 2.90. The van der Waals surface area contributed by atoms with Crippen LogP contribution in [0.15, 0.2) is 48.5 Å². The van der Waals surface area contributed by atoms with Gasteiger partial charge in [-0.1, -0.05) is 37.3 Å². The second-order valence-electron chi connectivity index (χ2n) is 8.31. The number of carbonyl (C=O) groups excluding carboxylic acids is 2. The minimum atomic E-state index is -3.84. The molecule has 0 bridgehead atoms. The molecule has 1 N–H and O–H groups in total. The minimum absolute atomic E-state index is 0.0575. The Bertz CT molecular complexity index is 1110. The number of hydrogen-bond acceptors (Lipinski definition) is 6. The Balaban J connectivity index is 2.41. The number of rotatable bonds is 12. The van der Waals surface area contributed by atoms with Gasteiger partial charge in [0.1, 0.15) is 12.6 Å². The van der Waals surface area contributed by atoms with E-state index >= 15 is 0 Å². The number of nitrogens with zero attached hydrogens (tertiary/aromatic N) is 2. The van der Waals surface area contributed by atoms with Crippen LogP contribution in [0.25, 0.3) is 0 Å². The molecule has 35 heavy (non-hydrogen) atoms. The molecule has 2 aromatic carbocycles. The number of carbonyl (C=O) groups is 2. The van der Waals surface area contributed by atoms with E-state index < -0.39 is 28.5 Å². The highest BCUT2D eigenvalue weighted by Crippen LogP contribution is 2.32. The molecule has 9 nitrogen and oxygen atoms in total. The van der Waals surface area contributed by atoms with Crippen molar-refractivity contribution in [3.05, 3.63) is 54.1 Å². The predicted octanol–water partition coefficient (Wildman–Crippen LogP) is 2.80. The van der Waals surface area contributed by atoms with Gasteiger partial charge >= 0.3 is 0 Å². The summed E-state index contributed by atoms with van der Waals surface area (Å²) in [5.74, 6) is -0.0628. The smallest absolute Gasteiger partial charge is 0.244 e. The van der Waals surface area contributed by atoms with Crippen LogP contribution in [0, 0.1) is 0 Å². The number of hydrogen-bond donors (Lipinski definition) is 1. The standard InChI is InChI=1S/C25H35N3O6S/c1-7-18(2)26-25(30)19(3)27(16-20-11-9-8-10-12-20)24(29)17-28(35(6,31)32)21-13-14-22(33-4)23(15-21)34-5/h8-15,18-19H,7,16-17H2,1-6H3,(H,26,30)/t18-,19+/m1/s1. The molecule has 0 aliphatic rings. The average Bonchev–Trinajstić information content (AvgIpc) is 2.84. The Labute approximate surface area is 208 Å². The van der Waals surface area contributed by atoms with Crippen molar-refractivity contribution >= 4 is 27.5 Å². The molecule has 0 radical (unpaired) electrons. The topological polar surface area (TPSA) is 105 Å². The third kappa shape index (κ3) is 7.61. The zero-order chi connectivity index (χ0) is 26.2. The van der Waals surface area contributed by atoms with Crippen LogP contribution in [0.3, 0.4) is 0 Å². The van der Waals surface area contributed by atoms with Crippen LogP contribution in [0.4, 0.5) is 5.69 Å². The molecule has 192 valence electrons. The van der Waals surface area contributed by atoms with E-state index in [2.05, 4.69) is 5.32 Å². The molecule has 0 heterocycles. The van der Waals surface area contributed by atoms with Crippen molar-refractivity contribution in [2.24, 2.45) is 0 Å². The number of anilines is 1. The average molecular weight is 506 g/mol. The number of amides is 2. The Kier molecular flexibility index (Phi) is 9.94. The van der Waals surface area contributed by atoms with E-state index in [0.29, 0.717) is 11.5 Å². The number of ether oxygens (including phenoxy) is 2. The second-order valence-corrected chi connectivity index (χ2v) is 10.2. The van der Waals surface area contributed by atoms with Crippen molar-refractivity contribution in [2.75, 3.05) is 31.3 Å². The summed E-state index contributed by atoms with van der Waals surface area (Å²) in [4.78, 5) is 27.8. The summed E-state index contributed by atoms with van der Waals surface area (Å²) >= 11 is 0. The van der Waals surface area contributed by atoms with Crippen LogP contribution in [-0.4, -0.2) is 64.2 Å². The van der Waals surface area contributed by atoms with E-state index in [1.165, 1.54) is 31.3 Å². The van der Waals surface area contributed by atoms with Gasteiger partial charge in [0.2, 0.25) is 21.8 Å². The third-order valence-corrected chi connectivity index (χ3v) is 6.84. The first kappa shape index (κ1) is 28.0. The second kappa shape index (κ2) is 12.4. The molecule has 10 heteroatoms. The fourth-order valence-electron chi connectivity index (χ4n) is 3.42. The highest BCUT2D eigenvalue weighted by molar-refractivity contribution is 7.92. The Hall–Kier alpha value is -3.27. The molecule has 2 aromatic rings. The van der Waals surface area contributed by atoms with Gasteiger partial charge in [0, 0.05) is 18.7 Å². The molecule has 0 aliphatic heterocycles. The van der Waals surface area contributed by atoms with Gasteiger partial charge in [0.05, 0.1) is 26.2 Å². The maximum Gasteiger partial charge on any atom is 0.244 e. The molecule has 0 saturated heterocycles. The lowest BCUT2D eigenvalue weighted by Gasteiger charge is -2.32. The number of benzene rings is 2. The highest BCUT2D eigenvalue weighted by atomic mass is 32.2. The van der Waals surface area contributed by atoms with Crippen molar-refractivity contribution in [3.8, 4) is 11.5 Å². The Morgan fingerprint density at radius 3 is 2.17 bits per heavy atom. The van der Waals surface area contributed by atoms with E-state index in [0.717, 1.165) is 22.5 Å². The third-order valence-electron chi connectivity index (χ3n) is 5.70. The zero-order valence-electron chi connectivity index (χ0n) is 21.1. The summed E-state index contributed by atoms with van der Waals surface area (Å²) in [6, 6.07) is 13.0. The van der Waals surface area contributed by atoms with Crippen LogP contribution in [0.1, 0.15) is 32.8 Å². The molecular formula is C25H35N3O6S. The quantitative estimate of drug-likeness (QED) is 0.476. The van der Waals surface area contributed by atoms with Crippen molar-refractivity contribution in [1.29, 1.82) is 0 Å². The summed E-state index contributed by atoms with van der Waals surface area (Å²) in [7, 11) is -0.928. The number of nitrogens with one attached hydrogen (secondary N) is 1. The summed E-state index contributed by atoms with van der Waals surface area (Å²) < 4.78 is 36.9. The van der Waals surface area contributed by atoms with Crippen molar-refractivity contribution in [3.63, 3.8) is 0 Å². The van der Waals surface area contributed by atoms with Crippen LogP contribution in [0.5, 0.6) is 11.5 Å². The lowest BCUT2D eigenvalue weighted by molar-refractivity contribution is -0.139. The zero-order valence-corrected chi connectivity index (χ0v) is 22.0. The monoisotopic (exact) mass is 505 g/mol. The van der Waals surface area contributed by atoms with Crippen LogP contribution < -0.4 is 19.1 Å². The van der Waals surface area contributed by atoms with E-state index in [1.807, 2.05) is 44.2 Å². The van der Waals surface area contributed by atoms with E-state index in [4.69, 9.17) is 9.47 Å². The first-order valence-electron chi connectivity index (χ1n) is 11.3. The fraction of sp³-hybridized carbons (Fsp3) is 0.440. The van der Waals surface area contributed by atoms with Crippen LogP contribution in [0.2, 0.25) is 0 Å². The maximum absolute atomic E-state index is 13.5. The summed E-state index contributed by atoms with van der Waals surface area (Å²) in [6.45, 7) is 5.15. The Morgan fingerprint density at radius 1 is 1.00 bits per heavy atom. The van der Waals surface area contributed by atoms with E-state index in [1.54, 1.807) is 13.0 Å². The van der Waals surface area contributed by atoms with Crippen molar-refractivity contribution in [2.45, 2.75) is 45.8 Å². The van der Waals surface area contributed by atoms with Crippen molar-refractivity contribution in [1.82, 2.24) is 10.2 Å². The number of sulfonamides is 1. The molecule has 0 aliphatic carbocycles. The first-order chi connectivity index (χ1) is 16.5. The highest BCUT2D eigenvalue weighted by Gasteiger charge is 2.30. The molecule has 2 atom stereocenters. The molecule has 0 saturated carbocycles. The largest absolute Gasteiger partial charge is 0.493 e. The minimum Gasteiger partial charge on any atom is -0.493 e. The van der Waals surface area contributed by atoms with Gasteiger partial charge in [-0.15, -0.1) is 0 Å². The van der Waals surface area contributed by atoms with Gasteiger partial charge in [-0.3, -0.25) is 13.9 Å². The predicted molar refractivity (Wildman–Crippen MR) is 136 cm³/mol. The SMILES string of the molecule is CC[C@@H](C)NC(=O)[C@H](C)N(Cc1ccccc1)C(=O)CN(c1ccc(OC)c(OC)c1)S(C)(=O)=O. The van der Waals surface area contributed by atoms with Crippen LogP contribution >= 0.6 is 0 Å². The molecule has 0 fully saturated rings. The molecule has 0 unspecified atom stereocenters. The lowest BCUT2D eigenvalue weighted by atomic mass is 10.1. The van der Waals surface area contributed by atoms with E-state index in [9.17, 15) is 18.0 Å². The number of methoxy groups -OCH3 is 2. The normalized spacial score (nSPS) is 12.9. The lowest BCUT2D eigenvalue weighted by Crippen LogP contribution is -2.52. The summed E-state index contributed by atoms with van der Waals surface area (Å²) in [6.07, 6.45) is 1.77. The molecular weight excluding hydrogens is 470 g/mol. The molecule has 0 spiro atoms. The fourth-order valence-corrected chi connectivity index (χ4v) is 4.26. The van der Waals surface area contributed by atoms with Crippen molar-refractivity contribution < 1.29 is 27.5 Å². The van der Waals surface area contributed by atoms with E-state index in [-0.39, 0.29) is 24.2 Å². The maximum atomic E-state index is 13.5. The summed E-state index contributed by atoms with van der Waals surface area (Å²) in [5.41, 5.74) is 1.07.